The highest BCUT2D eigenvalue weighted by atomic mass is 16.2. The Kier molecular flexibility index (Phi) is 5.95. The maximum absolute atomic E-state index is 12.1. The Labute approximate surface area is 132 Å². The van der Waals surface area contributed by atoms with Gasteiger partial charge in [-0.3, -0.25) is 14.5 Å². The van der Waals surface area contributed by atoms with Crippen LogP contribution < -0.4 is 10.6 Å². The van der Waals surface area contributed by atoms with Crippen LogP contribution >= 0.6 is 0 Å². The quantitative estimate of drug-likeness (QED) is 0.879. The highest BCUT2D eigenvalue weighted by Crippen LogP contribution is 2.16. The Morgan fingerprint density at radius 2 is 1.73 bits per heavy atom. The number of benzene rings is 1. The van der Waals surface area contributed by atoms with Crippen molar-refractivity contribution in [3.63, 3.8) is 0 Å². The number of piperidine rings is 1. The molecule has 2 N–H and O–H groups in total. The molecule has 120 valence electrons. The van der Waals surface area contributed by atoms with E-state index in [9.17, 15) is 9.59 Å². The van der Waals surface area contributed by atoms with Crippen LogP contribution in [-0.2, 0) is 9.59 Å². The summed E-state index contributed by atoms with van der Waals surface area (Å²) in [6.07, 6.45) is 3.60. The normalized spacial score (nSPS) is 15.6. The first-order valence-electron chi connectivity index (χ1n) is 7.98. The van der Waals surface area contributed by atoms with Crippen molar-refractivity contribution in [2.45, 2.75) is 33.1 Å². The number of amides is 2. The maximum Gasteiger partial charge on any atom is 0.238 e. The first kappa shape index (κ1) is 16.5. The van der Waals surface area contributed by atoms with Crippen LogP contribution in [0.1, 0.15) is 33.1 Å². The lowest BCUT2D eigenvalue weighted by molar-refractivity contribution is -0.119. The minimum absolute atomic E-state index is 0.00534. The smallest absolute Gasteiger partial charge is 0.238 e. The fraction of sp³-hybridized carbons (Fsp3) is 0.529. The van der Waals surface area contributed by atoms with E-state index in [-0.39, 0.29) is 17.7 Å². The molecule has 1 heterocycles. The molecule has 1 fully saturated rings. The van der Waals surface area contributed by atoms with E-state index in [1.807, 2.05) is 32.0 Å². The Morgan fingerprint density at radius 3 is 2.36 bits per heavy atom. The lowest BCUT2D eigenvalue weighted by Crippen LogP contribution is -2.36. The van der Waals surface area contributed by atoms with Crippen LogP contribution in [0.5, 0.6) is 0 Å². The van der Waals surface area contributed by atoms with Gasteiger partial charge in [-0.1, -0.05) is 26.3 Å². The van der Waals surface area contributed by atoms with Gasteiger partial charge < -0.3 is 10.6 Å². The lowest BCUT2D eigenvalue weighted by atomic mass is 10.1. The second-order valence-electron chi connectivity index (χ2n) is 6.11. The third kappa shape index (κ3) is 5.15. The molecule has 2 amide bonds. The van der Waals surface area contributed by atoms with Crippen molar-refractivity contribution < 1.29 is 9.59 Å². The number of nitrogens with one attached hydrogen (secondary N) is 2. The van der Waals surface area contributed by atoms with E-state index < -0.39 is 0 Å². The number of likely N-dealkylation sites (tertiary alicyclic amines) is 1. The van der Waals surface area contributed by atoms with Crippen LogP contribution in [0.2, 0.25) is 0 Å². The Hall–Kier alpha value is -1.88. The third-order valence-corrected chi connectivity index (χ3v) is 3.75. The number of hydrogen-bond acceptors (Lipinski definition) is 3. The summed E-state index contributed by atoms with van der Waals surface area (Å²) >= 11 is 0. The minimum atomic E-state index is -0.0719. The second-order valence-corrected chi connectivity index (χ2v) is 6.11. The fourth-order valence-corrected chi connectivity index (χ4v) is 2.48. The molecule has 0 radical (unpaired) electrons. The molecule has 1 aliphatic rings. The van der Waals surface area contributed by atoms with Crippen LogP contribution in [0, 0.1) is 5.92 Å². The summed E-state index contributed by atoms with van der Waals surface area (Å²) in [6, 6.07) is 7.26. The molecule has 0 saturated carbocycles. The number of rotatable bonds is 5. The van der Waals surface area contributed by atoms with Gasteiger partial charge in [0.25, 0.3) is 0 Å². The van der Waals surface area contributed by atoms with Crippen molar-refractivity contribution >= 4 is 23.2 Å². The molecule has 1 saturated heterocycles. The van der Waals surface area contributed by atoms with Crippen LogP contribution in [0.4, 0.5) is 11.4 Å². The molecule has 0 unspecified atom stereocenters. The maximum atomic E-state index is 12.1. The van der Waals surface area contributed by atoms with Crippen LogP contribution in [-0.4, -0.2) is 36.3 Å². The summed E-state index contributed by atoms with van der Waals surface area (Å²) < 4.78 is 0. The SMILES string of the molecule is CC(C)C(=O)Nc1cccc(NC(=O)CN2CCCCC2)c1. The van der Waals surface area contributed by atoms with Gasteiger partial charge in [0.05, 0.1) is 6.54 Å². The minimum Gasteiger partial charge on any atom is -0.326 e. The molecule has 22 heavy (non-hydrogen) atoms. The third-order valence-electron chi connectivity index (χ3n) is 3.75. The highest BCUT2D eigenvalue weighted by molar-refractivity contribution is 5.95. The van der Waals surface area contributed by atoms with Gasteiger partial charge >= 0.3 is 0 Å². The average Bonchev–Trinajstić information content (AvgIpc) is 2.48. The average molecular weight is 303 g/mol. The van der Waals surface area contributed by atoms with E-state index in [1.54, 1.807) is 6.07 Å². The zero-order valence-corrected chi connectivity index (χ0v) is 13.4. The molecule has 5 heteroatoms. The molecule has 5 nitrogen and oxygen atoms in total. The van der Waals surface area contributed by atoms with E-state index in [2.05, 4.69) is 15.5 Å². The van der Waals surface area contributed by atoms with Crippen molar-refractivity contribution in [3.8, 4) is 0 Å². The highest BCUT2D eigenvalue weighted by Gasteiger charge is 2.14. The molecular weight excluding hydrogens is 278 g/mol. The topological polar surface area (TPSA) is 61.4 Å². The van der Waals surface area contributed by atoms with Gasteiger partial charge in [0.15, 0.2) is 0 Å². The second kappa shape index (κ2) is 7.94. The van der Waals surface area contributed by atoms with Crippen LogP contribution in [0.15, 0.2) is 24.3 Å². The zero-order valence-electron chi connectivity index (χ0n) is 13.4. The van der Waals surface area contributed by atoms with Crippen molar-refractivity contribution in [1.29, 1.82) is 0 Å². The van der Waals surface area contributed by atoms with Gasteiger partial charge in [-0.25, -0.2) is 0 Å². The molecule has 1 aromatic rings. The number of nitrogens with zero attached hydrogens (tertiary/aromatic N) is 1. The Morgan fingerprint density at radius 1 is 1.09 bits per heavy atom. The van der Waals surface area contributed by atoms with E-state index in [0.717, 1.165) is 13.1 Å². The van der Waals surface area contributed by atoms with Gasteiger partial charge in [0.1, 0.15) is 0 Å². The summed E-state index contributed by atoms with van der Waals surface area (Å²) in [6.45, 7) is 6.12. The van der Waals surface area contributed by atoms with Crippen molar-refractivity contribution in [3.05, 3.63) is 24.3 Å². The van der Waals surface area contributed by atoms with Gasteiger partial charge in [0, 0.05) is 17.3 Å². The first-order valence-corrected chi connectivity index (χ1v) is 7.98. The van der Waals surface area contributed by atoms with Crippen molar-refractivity contribution in [2.75, 3.05) is 30.3 Å². The standard InChI is InChI=1S/C17H25N3O2/c1-13(2)17(22)19-15-8-6-7-14(11-15)18-16(21)12-20-9-4-3-5-10-20/h6-8,11,13H,3-5,9-10,12H2,1-2H3,(H,18,21)(H,19,22). The number of carbonyl (C=O) groups excluding carboxylic acids is 2. The molecule has 1 aliphatic heterocycles. The number of anilines is 2. The van der Waals surface area contributed by atoms with Crippen molar-refractivity contribution in [2.24, 2.45) is 5.92 Å². The van der Waals surface area contributed by atoms with Gasteiger partial charge in [-0.05, 0) is 44.1 Å². The van der Waals surface area contributed by atoms with E-state index in [4.69, 9.17) is 0 Å². The summed E-state index contributed by atoms with van der Waals surface area (Å²) in [5.74, 6) is -0.108. The van der Waals surface area contributed by atoms with Gasteiger partial charge in [0.2, 0.25) is 11.8 Å². The summed E-state index contributed by atoms with van der Waals surface area (Å²) in [5, 5.41) is 5.74. The number of carbonyl (C=O) groups is 2. The molecule has 0 bridgehead atoms. The predicted octanol–water partition coefficient (Wildman–Crippen LogP) is 2.71. The van der Waals surface area contributed by atoms with E-state index in [1.165, 1.54) is 19.3 Å². The monoisotopic (exact) mass is 303 g/mol. The lowest BCUT2D eigenvalue weighted by Gasteiger charge is -2.25. The fourth-order valence-electron chi connectivity index (χ4n) is 2.48. The van der Waals surface area contributed by atoms with Crippen LogP contribution in [0.25, 0.3) is 0 Å². The largest absolute Gasteiger partial charge is 0.326 e. The van der Waals surface area contributed by atoms with E-state index in [0.29, 0.717) is 17.9 Å². The molecule has 0 aromatic heterocycles. The molecule has 0 atom stereocenters. The zero-order chi connectivity index (χ0) is 15.9. The molecule has 0 spiro atoms. The summed E-state index contributed by atoms with van der Waals surface area (Å²) in [4.78, 5) is 26.0. The Balaban J connectivity index is 1.89. The van der Waals surface area contributed by atoms with Gasteiger partial charge in [-0.2, -0.15) is 0 Å². The summed E-state index contributed by atoms with van der Waals surface area (Å²) in [5.41, 5.74) is 1.41. The van der Waals surface area contributed by atoms with Gasteiger partial charge in [-0.15, -0.1) is 0 Å². The van der Waals surface area contributed by atoms with Crippen molar-refractivity contribution in [1.82, 2.24) is 4.90 Å². The molecular formula is C17H25N3O2. The predicted molar refractivity (Wildman–Crippen MR) is 88.8 cm³/mol. The number of hydrogen-bond donors (Lipinski definition) is 2. The summed E-state index contributed by atoms with van der Waals surface area (Å²) in [7, 11) is 0. The molecule has 1 aromatic carbocycles. The Bertz CT molecular complexity index is 522. The van der Waals surface area contributed by atoms with Crippen LogP contribution in [0.3, 0.4) is 0 Å². The molecule has 2 rings (SSSR count). The molecule has 0 aliphatic carbocycles. The first-order chi connectivity index (χ1) is 10.5. The van der Waals surface area contributed by atoms with E-state index >= 15 is 0 Å².